The topological polar surface area (TPSA) is 59.1 Å². The van der Waals surface area contributed by atoms with Crippen molar-refractivity contribution >= 4 is 23.2 Å². The number of thiophene rings is 1. The third kappa shape index (κ3) is 5.09. The average Bonchev–Trinajstić information content (AvgIpc) is 3.30. The molecule has 2 fully saturated rings. The minimum atomic E-state index is -0.170. The standard InChI is InChI=1S/C27H34N2O4S/c1-32-23-8-4-5-9-24(23)33-18-22-21-13-15-34-25(21)12-14-29(22)26(30)17-28(16-19-10-11-19)27(31)20-6-2-3-7-20/h4-5,8-9,13,15,19-20,22H,2-3,6-7,10-12,14,16-18H2,1H3. The summed E-state index contributed by atoms with van der Waals surface area (Å²) in [6.07, 6.45) is 7.36. The summed E-state index contributed by atoms with van der Waals surface area (Å²) in [6.45, 7) is 1.91. The normalized spacial score (nSPS) is 20.1. The highest BCUT2D eigenvalue weighted by molar-refractivity contribution is 7.10. The first kappa shape index (κ1) is 23.2. The van der Waals surface area contributed by atoms with Crippen molar-refractivity contribution in [2.75, 3.05) is 33.4 Å². The molecule has 1 aromatic heterocycles. The van der Waals surface area contributed by atoms with Gasteiger partial charge in [-0.25, -0.2) is 0 Å². The number of hydrogen-bond donors (Lipinski definition) is 0. The van der Waals surface area contributed by atoms with Crippen LogP contribution in [0.25, 0.3) is 0 Å². The summed E-state index contributed by atoms with van der Waals surface area (Å²) in [5.74, 6) is 2.23. The molecular weight excluding hydrogens is 448 g/mol. The largest absolute Gasteiger partial charge is 0.493 e. The fourth-order valence-corrected chi connectivity index (χ4v) is 6.24. The molecule has 2 aromatic rings. The lowest BCUT2D eigenvalue weighted by Gasteiger charge is -2.37. The van der Waals surface area contributed by atoms with Crippen molar-refractivity contribution in [3.8, 4) is 11.5 Å². The summed E-state index contributed by atoms with van der Waals surface area (Å²) in [6, 6.07) is 9.54. The molecule has 2 amide bonds. The van der Waals surface area contributed by atoms with Crippen molar-refractivity contribution < 1.29 is 19.1 Å². The second-order valence-corrected chi connectivity index (χ2v) is 10.8. The summed E-state index contributed by atoms with van der Waals surface area (Å²) in [4.78, 5) is 32.1. The Morgan fingerprint density at radius 3 is 2.59 bits per heavy atom. The smallest absolute Gasteiger partial charge is 0.242 e. The summed E-state index contributed by atoms with van der Waals surface area (Å²) < 4.78 is 11.6. The van der Waals surface area contributed by atoms with E-state index in [9.17, 15) is 9.59 Å². The molecule has 182 valence electrons. The van der Waals surface area contributed by atoms with Crippen molar-refractivity contribution in [2.24, 2.45) is 11.8 Å². The molecule has 0 bridgehead atoms. The second kappa shape index (κ2) is 10.4. The maximum Gasteiger partial charge on any atom is 0.242 e. The first-order valence-corrected chi connectivity index (χ1v) is 13.4. The van der Waals surface area contributed by atoms with Crippen LogP contribution in [0.15, 0.2) is 35.7 Å². The molecule has 2 heterocycles. The molecule has 3 aliphatic rings. The molecule has 1 aromatic carbocycles. The maximum absolute atomic E-state index is 13.7. The predicted octanol–water partition coefficient (Wildman–Crippen LogP) is 4.69. The van der Waals surface area contributed by atoms with Crippen LogP contribution in [0.4, 0.5) is 0 Å². The highest BCUT2D eigenvalue weighted by Crippen LogP contribution is 2.36. The lowest BCUT2D eigenvalue weighted by Crippen LogP contribution is -2.49. The van der Waals surface area contributed by atoms with Gasteiger partial charge < -0.3 is 19.3 Å². The zero-order valence-electron chi connectivity index (χ0n) is 19.9. The van der Waals surface area contributed by atoms with Crippen molar-refractivity contribution in [3.63, 3.8) is 0 Å². The molecule has 7 heteroatoms. The molecule has 2 saturated carbocycles. The van der Waals surface area contributed by atoms with Crippen LogP contribution in [0.5, 0.6) is 11.5 Å². The minimum Gasteiger partial charge on any atom is -0.493 e. The molecule has 34 heavy (non-hydrogen) atoms. The summed E-state index contributed by atoms with van der Waals surface area (Å²) >= 11 is 1.74. The number of fused-ring (bicyclic) bond motifs is 1. The van der Waals surface area contributed by atoms with E-state index >= 15 is 0 Å². The number of amides is 2. The zero-order chi connectivity index (χ0) is 23.5. The van der Waals surface area contributed by atoms with Crippen LogP contribution < -0.4 is 9.47 Å². The van der Waals surface area contributed by atoms with Gasteiger partial charge in [0.2, 0.25) is 11.8 Å². The Bertz CT molecular complexity index is 1010. The van der Waals surface area contributed by atoms with Crippen LogP contribution in [0, 0.1) is 11.8 Å². The number of para-hydroxylation sites is 2. The SMILES string of the molecule is COc1ccccc1OCC1c2ccsc2CCN1C(=O)CN(CC1CC1)C(=O)C1CCCC1. The Kier molecular flexibility index (Phi) is 7.09. The lowest BCUT2D eigenvalue weighted by atomic mass is 10.00. The van der Waals surface area contributed by atoms with Gasteiger partial charge in [-0.05, 0) is 67.2 Å². The molecule has 1 aliphatic heterocycles. The van der Waals surface area contributed by atoms with Gasteiger partial charge >= 0.3 is 0 Å². The van der Waals surface area contributed by atoms with Crippen molar-refractivity contribution in [2.45, 2.75) is 51.0 Å². The molecule has 1 unspecified atom stereocenters. The monoisotopic (exact) mass is 482 g/mol. The van der Waals surface area contributed by atoms with E-state index in [-0.39, 0.29) is 30.3 Å². The second-order valence-electron chi connectivity index (χ2n) is 9.76. The molecule has 5 rings (SSSR count). The molecule has 0 spiro atoms. The van der Waals surface area contributed by atoms with Crippen LogP contribution in [-0.4, -0.2) is 55.0 Å². The first-order valence-electron chi connectivity index (χ1n) is 12.5. The highest BCUT2D eigenvalue weighted by atomic mass is 32.1. The van der Waals surface area contributed by atoms with Gasteiger partial charge in [0.05, 0.1) is 19.7 Å². The predicted molar refractivity (Wildman–Crippen MR) is 132 cm³/mol. The van der Waals surface area contributed by atoms with E-state index in [1.807, 2.05) is 34.1 Å². The molecule has 0 saturated heterocycles. The van der Waals surface area contributed by atoms with Crippen molar-refractivity contribution in [1.29, 1.82) is 0 Å². The van der Waals surface area contributed by atoms with E-state index in [4.69, 9.17) is 9.47 Å². The van der Waals surface area contributed by atoms with Gasteiger partial charge in [-0.1, -0.05) is 25.0 Å². The summed E-state index contributed by atoms with van der Waals surface area (Å²) in [7, 11) is 1.63. The number of hydrogen-bond acceptors (Lipinski definition) is 5. The van der Waals surface area contributed by atoms with Crippen LogP contribution >= 0.6 is 11.3 Å². The minimum absolute atomic E-state index is 0.0254. The molecular formula is C27H34N2O4S. The van der Waals surface area contributed by atoms with Gasteiger partial charge in [0, 0.05) is 23.9 Å². The lowest BCUT2D eigenvalue weighted by molar-refractivity contribution is -0.145. The van der Waals surface area contributed by atoms with Gasteiger partial charge in [-0.2, -0.15) is 0 Å². The third-order valence-electron chi connectivity index (χ3n) is 7.40. The Balaban J connectivity index is 1.32. The maximum atomic E-state index is 13.7. The molecule has 1 atom stereocenters. The molecule has 0 radical (unpaired) electrons. The van der Waals surface area contributed by atoms with Crippen LogP contribution in [-0.2, 0) is 16.0 Å². The van der Waals surface area contributed by atoms with Crippen LogP contribution in [0.2, 0.25) is 0 Å². The van der Waals surface area contributed by atoms with Crippen molar-refractivity contribution in [1.82, 2.24) is 9.80 Å². The van der Waals surface area contributed by atoms with Gasteiger partial charge in [0.25, 0.3) is 0 Å². The van der Waals surface area contributed by atoms with E-state index in [0.29, 0.717) is 30.6 Å². The molecule has 6 nitrogen and oxygen atoms in total. The van der Waals surface area contributed by atoms with Gasteiger partial charge in [0.15, 0.2) is 11.5 Å². The number of methoxy groups -OCH3 is 1. The van der Waals surface area contributed by atoms with E-state index in [2.05, 4.69) is 11.4 Å². The van der Waals surface area contributed by atoms with Crippen LogP contribution in [0.1, 0.15) is 55.0 Å². The van der Waals surface area contributed by atoms with Crippen LogP contribution in [0.3, 0.4) is 0 Å². The first-order chi connectivity index (χ1) is 16.6. The van der Waals surface area contributed by atoms with E-state index in [1.54, 1.807) is 18.4 Å². The number of ether oxygens (including phenoxy) is 2. The van der Waals surface area contributed by atoms with E-state index in [0.717, 1.165) is 44.2 Å². The van der Waals surface area contributed by atoms with E-state index in [1.165, 1.54) is 17.7 Å². The third-order valence-corrected chi connectivity index (χ3v) is 8.40. The number of carbonyl (C=O) groups is 2. The van der Waals surface area contributed by atoms with Gasteiger partial charge in [0.1, 0.15) is 6.61 Å². The Morgan fingerprint density at radius 1 is 1.09 bits per heavy atom. The molecule has 0 N–H and O–H groups in total. The summed E-state index contributed by atoms with van der Waals surface area (Å²) in [5.41, 5.74) is 1.16. The Labute approximate surface area is 205 Å². The average molecular weight is 483 g/mol. The zero-order valence-corrected chi connectivity index (χ0v) is 20.7. The van der Waals surface area contributed by atoms with Gasteiger partial charge in [-0.15, -0.1) is 11.3 Å². The van der Waals surface area contributed by atoms with Gasteiger partial charge in [-0.3, -0.25) is 9.59 Å². The van der Waals surface area contributed by atoms with E-state index < -0.39 is 0 Å². The van der Waals surface area contributed by atoms with Crippen molar-refractivity contribution in [3.05, 3.63) is 46.2 Å². The number of nitrogens with zero attached hydrogens (tertiary/aromatic N) is 2. The number of benzene rings is 1. The summed E-state index contributed by atoms with van der Waals surface area (Å²) in [5, 5.41) is 2.10. The number of rotatable bonds is 9. The fourth-order valence-electron chi connectivity index (χ4n) is 5.31. The number of carbonyl (C=O) groups excluding carboxylic acids is 2. The Hall–Kier alpha value is -2.54. The highest BCUT2D eigenvalue weighted by Gasteiger charge is 2.37. The fraction of sp³-hybridized carbons (Fsp3) is 0.556. The molecule has 2 aliphatic carbocycles. The Morgan fingerprint density at radius 2 is 1.85 bits per heavy atom. The quantitative estimate of drug-likeness (QED) is 0.520.